The zero-order valence-corrected chi connectivity index (χ0v) is 18.0. The first-order valence-electron chi connectivity index (χ1n) is 10.2. The molecule has 2 aromatic carbocycles. The summed E-state index contributed by atoms with van der Waals surface area (Å²) < 4.78 is 3.86. The van der Waals surface area contributed by atoms with E-state index in [4.69, 9.17) is 21.6 Å². The molecule has 0 saturated carbocycles. The molecule has 156 valence electrons. The second-order valence-corrected chi connectivity index (χ2v) is 7.90. The monoisotopic (exact) mass is 448 g/mol. The van der Waals surface area contributed by atoms with Gasteiger partial charge in [-0.05, 0) is 36.4 Å². The van der Waals surface area contributed by atoms with E-state index in [-0.39, 0.29) is 11.4 Å². The number of hydrogen-bond acceptors (Lipinski definition) is 6. The highest BCUT2D eigenvalue weighted by Crippen LogP contribution is 2.34. The van der Waals surface area contributed by atoms with Crippen molar-refractivity contribution in [2.24, 2.45) is 0 Å². The molecule has 0 unspecified atom stereocenters. The molecule has 4 heterocycles. The Kier molecular flexibility index (Phi) is 4.06. The topological polar surface area (TPSA) is 108 Å². The predicted molar refractivity (Wildman–Crippen MR) is 124 cm³/mol. The van der Waals surface area contributed by atoms with Crippen LogP contribution in [0.15, 0.2) is 48.5 Å². The van der Waals surface area contributed by atoms with E-state index in [0.29, 0.717) is 39.3 Å². The van der Waals surface area contributed by atoms with Crippen molar-refractivity contribution >= 4 is 50.5 Å². The van der Waals surface area contributed by atoms with Crippen molar-refractivity contribution in [1.29, 1.82) is 10.5 Å². The molecule has 6 rings (SSSR count). The number of aromatic nitrogens is 6. The quantitative estimate of drug-likeness (QED) is 0.379. The molecule has 0 aliphatic heterocycles. The number of hydrogen-bond donors (Lipinski definition) is 0. The van der Waals surface area contributed by atoms with Gasteiger partial charge in [-0.2, -0.15) is 10.5 Å². The Bertz CT molecular complexity index is 1830. The first kappa shape index (κ1) is 19.2. The fourth-order valence-corrected chi connectivity index (χ4v) is 4.36. The van der Waals surface area contributed by atoms with E-state index in [1.807, 2.05) is 64.4 Å². The van der Waals surface area contributed by atoms with Gasteiger partial charge in [-0.15, -0.1) is 0 Å². The summed E-state index contributed by atoms with van der Waals surface area (Å²) in [7, 11) is 0. The minimum absolute atomic E-state index is 0.0333. The molecular weight excluding hydrogens is 436 g/mol. The number of para-hydroxylation sites is 2. The Labute approximate surface area is 191 Å². The average molecular weight is 449 g/mol. The lowest BCUT2D eigenvalue weighted by Gasteiger charge is -2.09. The molecule has 0 aliphatic rings. The summed E-state index contributed by atoms with van der Waals surface area (Å²) in [6.07, 6.45) is 0.669. The third-order valence-corrected chi connectivity index (χ3v) is 5.90. The molecule has 33 heavy (non-hydrogen) atoms. The number of benzene rings is 2. The second-order valence-electron chi connectivity index (χ2n) is 7.47. The van der Waals surface area contributed by atoms with E-state index < -0.39 is 0 Å². The molecule has 6 aromatic rings. The fraction of sp³-hybridized carbons (Fsp3) is 0.0833. The molecule has 9 heteroatoms. The number of halogens is 1. The summed E-state index contributed by atoms with van der Waals surface area (Å²) in [4.78, 5) is 19.0. The Morgan fingerprint density at radius 2 is 1.58 bits per heavy atom. The zero-order valence-electron chi connectivity index (χ0n) is 17.3. The zero-order chi connectivity index (χ0) is 22.7. The van der Waals surface area contributed by atoms with Crippen LogP contribution in [0.1, 0.15) is 24.1 Å². The van der Waals surface area contributed by atoms with Crippen molar-refractivity contribution in [2.45, 2.75) is 13.3 Å². The molecule has 0 fully saturated rings. The molecule has 0 amide bonds. The van der Waals surface area contributed by atoms with Crippen LogP contribution in [0.2, 0.25) is 5.02 Å². The third-order valence-electron chi connectivity index (χ3n) is 5.65. The number of imidazole rings is 1. The van der Waals surface area contributed by atoms with Crippen molar-refractivity contribution in [2.75, 3.05) is 0 Å². The van der Waals surface area contributed by atoms with Gasteiger partial charge in [0.05, 0.1) is 16.4 Å². The smallest absolute Gasteiger partial charge is 0.179 e. The van der Waals surface area contributed by atoms with Gasteiger partial charge in [-0.25, -0.2) is 19.9 Å². The lowest BCUT2D eigenvalue weighted by atomic mass is 10.3. The van der Waals surface area contributed by atoms with Gasteiger partial charge in [-0.3, -0.25) is 8.97 Å². The Balaban J connectivity index is 1.91. The van der Waals surface area contributed by atoms with Gasteiger partial charge in [0.25, 0.3) is 0 Å². The first-order valence-corrected chi connectivity index (χ1v) is 10.6. The van der Waals surface area contributed by atoms with Crippen molar-refractivity contribution in [3.63, 3.8) is 0 Å². The van der Waals surface area contributed by atoms with Crippen molar-refractivity contribution < 1.29 is 0 Å². The minimum Gasteiger partial charge on any atom is -0.280 e. The fourth-order valence-electron chi connectivity index (χ4n) is 4.23. The van der Waals surface area contributed by atoms with E-state index >= 15 is 0 Å². The van der Waals surface area contributed by atoms with E-state index in [9.17, 15) is 10.5 Å². The highest BCUT2D eigenvalue weighted by Gasteiger charge is 2.24. The SMILES string of the molecule is CCc1nc2c(c3nc(C#N)c(C#N)nc3n2-c2ccc(Cl)cc2)c2nc3ccccc3n12. The van der Waals surface area contributed by atoms with Crippen LogP contribution in [0.3, 0.4) is 0 Å². The van der Waals surface area contributed by atoms with Crippen molar-refractivity contribution in [1.82, 2.24) is 28.9 Å². The van der Waals surface area contributed by atoms with Crippen molar-refractivity contribution in [3.8, 4) is 17.8 Å². The van der Waals surface area contributed by atoms with E-state index in [0.717, 1.165) is 22.5 Å². The van der Waals surface area contributed by atoms with Gasteiger partial charge >= 0.3 is 0 Å². The van der Waals surface area contributed by atoms with E-state index in [1.54, 1.807) is 12.1 Å². The van der Waals surface area contributed by atoms with E-state index in [1.165, 1.54) is 0 Å². The van der Waals surface area contributed by atoms with Crippen LogP contribution in [0, 0.1) is 22.7 Å². The first-order chi connectivity index (χ1) is 16.1. The highest BCUT2D eigenvalue weighted by molar-refractivity contribution is 6.30. The maximum atomic E-state index is 9.58. The molecule has 0 atom stereocenters. The normalized spacial score (nSPS) is 11.4. The van der Waals surface area contributed by atoms with Gasteiger partial charge in [0.15, 0.2) is 28.3 Å². The standard InChI is InChI=1S/C24H13ClN8/c1-2-19-31-23-20(22-29-15-5-3-4-6-18(15)33(19)22)21-24(30-17(12-27)16(11-26)28-21)32(23)14-9-7-13(25)8-10-14/h3-10H,2H2,1H3. The van der Waals surface area contributed by atoms with Gasteiger partial charge in [0.2, 0.25) is 0 Å². The summed E-state index contributed by atoms with van der Waals surface area (Å²) in [5, 5.41) is 20.4. The van der Waals surface area contributed by atoms with Gasteiger partial charge < -0.3 is 0 Å². The summed E-state index contributed by atoms with van der Waals surface area (Å²) >= 11 is 6.12. The number of fused-ring (bicyclic) bond motifs is 7. The summed E-state index contributed by atoms with van der Waals surface area (Å²) in [5.74, 6) is 0.824. The van der Waals surface area contributed by atoms with Gasteiger partial charge in [0.1, 0.15) is 23.5 Å². The molecule has 0 saturated heterocycles. The molecule has 0 radical (unpaired) electrons. The van der Waals surface area contributed by atoms with Crippen LogP contribution in [-0.4, -0.2) is 28.9 Å². The van der Waals surface area contributed by atoms with E-state index in [2.05, 4.69) is 9.97 Å². The summed E-state index contributed by atoms with van der Waals surface area (Å²) in [6.45, 7) is 2.04. The number of nitrogens with zero attached hydrogens (tertiary/aromatic N) is 8. The maximum absolute atomic E-state index is 9.58. The van der Waals surface area contributed by atoms with Gasteiger partial charge in [0, 0.05) is 17.1 Å². The Morgan fingerprint density at radius 3 is 2.30 bits per heavy atom. The number of rotatable bonds is 2. The van der Waals surface area contributed by atoms with Gasteiger partial charge in [-0.1, -0.05) is 30.7 Å². The molecule has 0 aliphatic carbocycles. The third kappa shape index (κ3) is 2.62. The number of nitriles is 2. The van der Waals surface area contributed by atoms with Crippen LogP contribution in [0.5, 0.6) is 0 Å². The average Bonchev–Trinajstić information content (AvgIpc) is 3.38. The molecule has 4 aromatic heterocycles. The van der Waals surface area contributed by atoms with Crippen LogP contribution in [0.25, 0.3) is 44.6 Å². The Hall–Kier alpha value is -4.53. The maximum Gasteiger partial charge on any atom is 0.179 e. The van der Waals surface area contributed by atoms with Crippen LogP contribution < -0.4 is 0 Å². The molecule has 8 nitrogen and oxygen atoms in total. The van der Waals surface area contributed by atoms with Crippen LogP contribution >= 0.6 is 11.6 Å². The predicted octanol–water partition coefficient (Wildman–Crippen LogP) is 4.73. The lowest BCUT2D eigenvalue weighted by molar-refractivity contribution is 0.917. The van der Waals surface area contributed by atoms with Crippen LogP contribution in [0.4, 0.5) is 0 Å². The summed E-state index contributed by atoms with van der Waals surface area (Å²) in [5.41, 5.74) is 4.63. The molecule has 0 N–H and O–H groups in total. The molecular formula is C24H13ClN8. The van der Waals surface area contributed by atoms with Crippen LogP contribution in [-0.2, 0) is 6.42 Å². The summed E-state index contributed by atoms with van der Waals surface area (Å²) in [6, 6.07) is 19.1. The lowest BCUT2D eigenvalue weighted by Crippen LogP contribution is -2.03. The molecule has 0 bridgehead atoms. The minimum atomic E-state index is -0.0386. The second kappa shape index (κ2) is 6.99. The van der Waals surface area contributed by atoms with Crippen molar-refractivity contribution in [3.05, 3.63) is 70.8 Å². The number of aryl methyl sites for hydroxylation is 1. The highest BCUT2D eigenvalue weighted by atomic mass is 35.5. The largest absolute Gasteiger partial charge is 0.280 e. The Morgan fingerprint density at radius 1 is 0.848 bits per heavy atom. The molecule has 0 spiro atoms.